The molecular formula is C16H15ClN4O2S. The number of nitrogen functional groups attached to an aromatic ring is 1. The molecule has 0 saturated carbocycles. The van der Waals surface area contributed by atoms with E-state index in [-0.39, 0.29) is 0 Å². The molecule has 124 valence electrons. The fraction of sp³-hybridized carbons (Fsp3) is 0.188. The molecule has 0 aliphatic carbocycles. The summed E-state index contributed by atoms with van der Waals surface area (Å²) in [7, 11) is 1.57. The fourth-order valence-corrected chi connectivity index (χ4v) is 3.11. The summed E-state index contributed by atoms with van der Waals surface area (Å²) in [4.78, 5) is 12.8. The summed E-state index contributed by atoms with van der Waals surface area (Å²) in [5.74, 6) is 2.79. The summed E-state index contributed by atoms with van der Waals surface area (Å²) in [6.45, 7) is 1.87. The molecule has 8 heteroatoms. The average Bonchev–Trinajstić information content (AvgIpc) is 3.01. The molecule has 2 N–H and O–H groups in total. The van der Waals surface area contributed by atoms with Crippen LogP contribution in [0.5, 0.6) is 5.75 Å². The van der Waals surface area contributed by atoms with Crippen molar-refractivity contribution >= 4 is 29.2 Å². The van der Waals surface area contributed by atoms with E-state index in [0.717, 1.165) is 11.3 Å². The van der Waals surface area contributed by atoms with Crippen molar-refractivity contribution in [3.63, 3.8) is 0 Å². The van der Waals surface area contributed by atoms with Gasteiger partial charge in [0, 0.05) is 17.3 Å². The predicted octanol–water partition coefficient (Wildman–Crippen LogP) is 3.98. The number of anilines is 1. The number of hydrogen-bond donors (Lipinski definition) is 1. The third kappa shape index (κ3) is 3.80. The van der Waals surface area contributed by atoms with Crippen molar-refractivity contribution in [2.75, 3.05) is 12.8 Å². The van der Waals surface area contributed by atoms with Gasteiger partial charge in [0.1, 0.15) is 11.6 Å². The number of ether oxygens (including phenoxy) is 1. The Balaban J connectivity index is 1.72. The molecule has 0 amide bonds. The first-order valence-corrected chi connectivity index (χ1v) is 8.44. The highest BCUT2D eigenvalue weighted by Gasteiger charge is 2.10. The number of methoxy groups -OCH3 is 1. The second kappa shape index (κ2) is 7.11. The van der Waals surface area contributed by atoms with E-state index in [0.29, 0.717) is 39.2 Å². The van der Waals surface area contributed by atoms with Gasteiger partial charge in [0.05, 0.1) is 24.1 Å². The van der Waals surface area contributed by atoms with Crippen LogP contribution >= 0.6 is 23.4 Å². The van der Waals surface area contributed by atoms with Crippen molar-refractivity contribution in [3.05, 3.63) is 47.1 Å². The maximum atomic E-state index is 6.14. The first-order valence-electron chi connectivity index (χ1n) is 7.07. The van der Waals surface area contributed by atoms with E-state index in [9.17, 15) is 0 Å². The van der Waals surface area contributed by atoms with Crippen LogP contribution in [0, 0.1) is 6.92 Å². The molecule has 1 aromatic carbocycles. The molecule has 0 aliphatic heterocycles. The van der Waals surface area contributed by atoms with Gasteiger partial charge in [-0.05, 0) is 25.1 Å². The number of nitrogens with zero attached hydrogens (tertiary/aromatic N) is 3. The monoisotopic (exact) mass is 362 g/mol. The fourth-order valence-electron chi connectivity index (χ4n) is 2.09. The minimum absolute atomic E-state index is 0.450. The lowest BCUT2D eigenvalue weighted by Crippen LogP contribution is -1.96. The topological polar surface area (TPSA) is 87.1 Å². The molecule has 0 radical (unpaired) electrons. The van der Waals surface area contributed by atoms with Crippen molar-refractivity contribution < 1.29 is 9.15 Å². The Hall–Kier alpha value is -2.25. The Morgan fingerprint density at radius 1 is 1.29 bits per heavy atom. The molecule has 0 unspecified atom stereocenters. The second-order valence-corrected chi connectivity index (χ2v) is 6.32. The van der Waals surface area contributed by atoms with Gasteiger partial charge in [0.15, 0.2) is 10.9 Å². The second-order valence-electron chi connectivity index (χ2n) is 4.97. The lowest BCUT2D eigenvalue weighted by Gasteiger charge is -2.04. The van der Waals surface area contributed by atoms with Gasteiger partial charge in [-0.15, -0.1) is 0 Å². The molecule has 3 rings (SSSR count). The van der Waals surface area contributed by atoms with Gasteiger partial charge < -0.3 is 14.9 Å². The number of nitrogens with two attached hydrogens (primary N) is 1. The zero-order chi connectivity index (χ0) is 17.1. The molecule has 6 nitrogen and oxygen atoms in total. The largest absolute Gasteiger partial charge is 0.495 e. The molecule has 0 fully saturated rings. The van der Waals surface area contributed by atoms with Gasteiger partial charge >= 0.3 is 0 Å². The van der Waals surface area contributed by atoms with Crippen molar-refractivity contribution in [3.8, 4) is 17.1 Å². The third-order valence-corrected chi connectivity index (χ3v) is 4.30. The van der Waals surface area contributed by atoms with E-state index < -0.39 is 0 Å². The molecule has 0 atom stereocenters. The van der Waals surface area contributed by atoms with E-state index in [1.807, 2.05) is 13.0 Å². The summed E-state index contributed by atoms with van der Waals surface area (Å²) in [6.07, 6.45) is 1.67. The highest BCUT2D eigenvalue weighted by molar-refractivity contribution is 7.98. The smallest absolute Gasteiger partial charge is 0.205 e. The maximum Gasteiger partial charge on any atom is 0.205 e. The van der Waals surface area contributed by atoms with Gasteiger partial charge in [0.25, 0.3) is 0 Å². The van der Waals surface area contributed by atoms with E-state index >= 15 is 0 Å². The average molecular weight is 363 g/mol. The number of halogens is 1. The molecule has 0 saturated heterocycles. The Kier molecular flexibility index (Phi) is 4.92. The predicted molar refractivity (Wildman–Crippen MR) is 94.2 cm³/mol. The molecule has 2 aromatic heterocycles. The number of thioether (sulfide) groups is 1. The van der Waals surface area contributed by atoms with Crippen LogP contribution in [0.4, 0.5) is 5.82 Å². The summed E-state index contributed by atoms with van der Waals surface area (Å²) in [5.41, 5.74) is 7.38. The molecule has 3 aromatic rings. The van der Waals surface area contributed by atoms with E-state index in [1.54, 1.807) is 31.5 Å². The Morgan fingerprint density at radius 3 is 2.83 bits per heavy atom. The van der Waals surface area contributed by atoms with Crippen molar-refractivity contribution in [2.24, 2.45) is 0 Å². The number of aryl methyl sites for hydroxylation is 1. The van der Waals surface area contributed by atoms with Crippen LogP contribution in [0.3, 0.4) is 0 Å². The number of aromatic nitrogens is 3. The van der Waals surface area contributed by atoms with Crippen LogP contribution in [0.25, 0.3) is 11.3 Å². The summed E-state index contributed by atoms with van der Waals surface area (Å²) in [6, 6.07) is 7.16. The van der Waals surface area contributed by atoms with Crippen LogP contribution < -0.4 is 10.5 Å². The third-order valence-electron chi connectivity index (χ3n) is 3.17. The van der Waals surface area contributed by atoms with Gasteiger partial charge in [-0.1, -0.05) is 23.4 Å². The normalized spacial score (nSPS) is 10.8. The van der Waals surface area contributed by atoms with Gasteiger partial charge in [-0.25, -0.2) is 15.0 Å². The molecular weight excluding hydrogens is 348 g/mol. The van der Waals surface area contributed by atoms with Gasteiger partial charge in [0.2, 0.25) is 5.89 Å². The van der Waals surface area contributed by atoms with E-state index in [4.69, 9.17) is 26.5 Å². The van der Waals surface area contributed by atoms with Gasteiger partial charge in [-0.3, -0.25) is 0 Å². The van der Waals surface area contributed by atoms with Crippen LogP contribution in [0.1, 0.15) is 11.6 Å². The Morgan fingerprint density at radius 2 is 2.12 bits per heavy atom. The zero-order valence-corrected chi connectivity index (χ0v) is 14.7. The lowest BCUT2D eigenvalue weighted by atomic mass is 10.2. The summed E-state index contributed by atoms with van der Waals surface area (Å²) in [5, 5.41) is 1.12. The van der Waals surface area contributed by atoms with Gasteiger partial charge in [-0.2, -0.15) is 0 Å². The highest BCUT2D eigenvalue weighted by Crippen LogP contribution is 2.31. The molecule has 0 bridgehead atoms. The van der Waals surface area contributed by atoms with Crippen molar-refractivity contribution in [1.82, 2.24) is 15.0 Å². The standard InChI is InChI=1S/C16H15ClN4O2S/c1-9-5-14(18)21-16(20-9)24-8-15-19-7-13(23-15)10-3-4-12(22-2)11(17)6-10/h3-7H,8H2,1-2H3,(H2,18,20,21). The first kappa shape index (κ1) is 16.6. The molecule has 0 spiro atoms. The van der Waals surface area contributed by atoms with Crippen LogP contribution in [0.2, 0.25) is 5.02 Å². The summed E-state index contributed by atoms with van der Waals surface area (Å²) >= 11 is 7.55. The van der Waals surface area contributed by atoms with Crippen molar-refractivity contribution in [2.45, 2.75) is 17.8 Å². The summed E-state index contributed by atoms with van der Waals surface area (Å²) < 4.78 is 10.9. The van der Waals surface area contributed by atoms with Crippen LogP contribution in [-0.4, -0.2) is 22.1 Å². The van der Waals surface area contributed by atoms with E-state index in [1.165, 1.54) is 11.8 Å². The van der Waals surface area contributed by atoms with Crippen molar-refractivity contribution in [1.29, 1.82) is 0 Å². The lowest BCUT2D eigenvalue weighted by molar-refractivity contribution is 0.415. The molecule has 24 heavy (non-hydrogen) atoms. The highest BCUT2D eigenvalue weighted by atomic mass is 35.5. The SMILES string of the molecule is COc1ccc(-c2cnc(CSc3nc(C)cc(N)n3)o2)cc1Cl. The molecule has 0 aliphatic rings. The Bertz CT molecular complexity index is 849. The maximum absolute atomic E-state index is 6.14. The number of oxazole rings is 1. The van der Waals surface area contributed by atoms with Crippen LogP contribution in [-0.2, 0) is 5.75 Å². The number of benzene rings is 1. The van der Waals surface area contributed by atoms with E-state index in [2.05, 4.69) is 15.0 Å². The Labute approximate surface area is 148 Å². The molecule has 2 heterocycles. The number of rotatable bonds is 5. The quantitative estimate of drug-likeness (QED) is 0.542. The number of hydrogen-bond acceptors (Lipinski definition) is 7. The van der Waals surface area contributed by atoms with Crippen LogP contribution in [0.15, 0.2) is 40.0 Å². The zero-order valence-electron chi connectivity index (χ0n) is 13.1. The minimum atomic E-state index is 0.450. The first-order chi connectivity index (χ1) is 11.5. The minimum Gasteiger partial charge on any atom is -0.495 e.